The lowest BCUT2D eigenvalue weighted by atomic mass is 10.3. The van der Waals surface area contributed by atoms with E-state index < -0.39 is 0 Å². The molecule has 2 aromatic carbocycles. The summed E-state index contributed by atoms with van der Waals surface area (Å²) in [6.45, 7) is 0.153. The molecule has 0 radical (unpaired) electrons. The van der Waals surface area contributed by atoms with Gasteiger partial charge in [-0.25, -0.2) is 9.67 Å². The van der Waals surface area contributed by atoms with E-state index >= 15 is 0 Å². The summed E-state index contributed by atoms with van der Waals surface area (Å²) < 4.78 is 9.79. The van der Waals surface area contributed by atoms with Gasteiger partial charge in [0.1, 0.15) is 5.75 Å². The molecule has 4 rings (SSSR count). The number of aryl methyl sites for hydroxylation is 1. The van der Waals surface area contributed by atoms with E-state index in [0.717, 1.165) is 15.5 Å². The lowest BCUT2D eigenvalue weighted by Gasteiger charge is -2.08. The molecule has 0 atom stereocenters. The standard InChI is InChI=1S/C19H15BrClN5O2/c1-25-16-5-3-2-4-14(16)22-19(25)23-18(27)15-8-9-26(24-15)11-28-17-7-6-12(21)10-13(17)20/h2-10H,11H2,1H3,(H,22,23,27). The van der Waals surface area contributed by atoms with Gasteiger partial charge in [0, 0.05) is 18.3 Å². The maximum Gasteiger partial charge on any atom is 0.278 e. The van der Waals surface area contributed by atoms with Crippen LogP contribution in [0.25, 0.3) is 11.0 Å². The zero-order valence-electron chi connectivity index (χ0n) is 14.8. The Morgan fingerprint density at radius 2 is 2.07 bits per heavy atom. The number of ether oxygens (including phenoxy) is 1. The molecule has 0 saturated heterocycles. The number of carbonyl (C=O) groups is 1. The number of nitrogens with one attached hydrogen (secondary N) is 1. The van der Waals surface area contributed by atoms with E-state index in [1.807, 2.05) is 35.9 Å². The number of halogens is 2. The van der Waals surface area contributed by atoms with E-state index in [2.05, 4.69) is 31.3 Å². The first-order valence-electron chi connectivity index (χ1n) is 8.35. The number of amides is 1. The van der Waals surface area contributed by atoms with Crippen molar-refractivity contribution in [2.45, 2.75) is 6.73 Å². The Labute approximate surface area is 174 Å². The molecule has 0 fully saturated rings. The number of benzene rings is 2. The zero-order chi connectivity index (χ0) is 19.7. The molecule has 2 aromatic heterocycles. The summed E-state index contributed by atoms with van der Waals surface area (Å²) in [6, 6.07) is 14.5. The van der Waals surface area contributed by atoms with Crippen molar-refractivity contribution in [3.63, 3.8) is 0 Å². The van der Waals surface area contributed by atoms with Crippen LogP contribution in [0, 0.1) is 0 Å². The second kappa shape index (κ2) is 7.65. The van der Waals surface area contributed by atoms with Crippen molar-refractivity contribution >= 4 is 50.4 Å². The molecule has 1 amide bonds. The third-order valence-corrected chi connectivity index (χ3v) is 4.99. The number of imidazole rings is 1. The minimum atomic E-state index is -0.343. The molecule has 4 aromatic rings. The summed E-state index contributed by atoms with van der Waals surface area (Å²) in [4.78, 5) is 17.0. The van der Waals surface area contributed by atoms with Gasteiger partial charge in [-0.15, -0.1) is 0 Å². The molecular weight excluding hydrogens is 446 g/mol. The summed E-state index contributed by atoms with van der Waals surface area (Å²) >= 11 is 9.32. The highest BCUT2D eigenvalue weighted by Crippen LogP contribution is 2.28. The Morgan fingerprint density at radius 1 is 1.25 bits per heavy atom. The van der Waals surface area contributed by atoms with Gasteiger partial charge in [0.2, 0.25) is 5.95 Å². The van der Waals surface area contributed by atoms with Crippen molar-refractivity contribution in [1.29, 1.82) is 0 Å². The van der Waals surface area contributed by atoms with Gasteiger partial charge in [0.25, 0.3) is 5.91 Å². The van der Waals surface area contributed by atoms with Crippen LogP contribution in [-0.2, 0) is 13.8 Å². The molecule has 0 bridgehead atoms. The number of fused-ring (bicyclic) bond motifs is 1. The second-order valence-electron chi connectivity index (χ2n) is 6.03. The lowest BCUT2D eigenvalue weighted by molar-refractivity contribution is 0.101. The SMILES string of the molecule is Cn1c(NC(=O)c2ccn(COc3ccc(Cl)cc3Br)n2)nc2ccccc21. The van der Waals surface area contributed by atoms with Crippen LogP contribution in [-0.4, -0.2) is 25.2 Å². The van der Waals surface area contributed by atoms with E-state index in [4.69, 9.17) is 16.3 Å². The Hall–Kier alpha value is -2.84. The Bertz CT molecular complexity index is 1170. The van der Waals surface area contributed by atoms with Gasteiger partial charge < -0.3 is 9.30 Å². The molecule has 0 spiro atoms. The molecule has 0 unspecified atom stereocenters. The number of para-hydroxylation sites is 2. The fourth-order valence-electron chi connectivity index (χ4n) is 2.71. The van der Waals surface area contributed by atoms with Crippen LogP contribution in [0.3, 0.4) is 0 Å². The molecule has 1 N–H and O–H groups in total. The predicted octanol–water partition coefficient (Wildman–Crippen LogP) is 4.47. The largest absolute Gasteiger partial charge is 0.470 e. The van der Waals surface area contributed by atoms with Gasteiger partial charge in [0.15, 0.2) is 12.4 Å². The van der Waals surface area contributed by atoms with Crippen LogP contribution in [0.4, 0.5) is 5.95 Å². The summed E-state index contributed by atoms with van der Waals surface area (Å²) in [5, 5.41) is 7.66. The van der Waals surface area contributed by atoms with Gasteiger partial charge in [-0.05, 0) is 52.3 Å². The number of hydrogen-bond acceptors (Lipinski definition) is 4. The Balaban J connectivity index is 1.44. The maximum atomic E-state index is 12.5. The molecular formula is C19H15BrClN5O2. The summed E-state index contributed by atoms with van der Waals surface area (Å²) in [5.41, 5.74) is 2.02. The molecule has 0 aliphatic heterocycles. The van der Waals surface area contributed by atoms with E-state index in [1.165, 1.54) is 4.68 Å². The van der Waals surface area contributed by atoms with Crippen LogP contribution in [0.15, 0.2) is 59.2 Å². The fraction of sp³-hybridized carbons (Fsp3) is 0.105. The molecule has 9 heteroatoms. The molecule has 0 aliphatic rings. The van der Waals surface area contributed by atoms with Crippen LogP contribution >= 0.6 is 27.5 Å². The molecule has 7 nitrogen and oxygen atoms in total. The van der Waals surface area contributed by atoms with E-state index in [-0.39, 0.29) is 18.3 Å². The van der Waals surface area contributed by atoms with Gasteiger partial charge in [-0.2, -0.15) is 5.10 Å². The molecule has 0 saturated carbocycles. The average Bonchev–Trinajstić information content (AvgIpc) is 3.27. The minimum absolute atomic E-state index is 0.153. The maximum absolute atomic E-state index is 12.5. The number of hydrogen-bond donors (Lipinski definition) is 1. The third-order valence-electron chi connectivity index (χ3n) is 4.13. The van der Waals surface area contributed by atoms with Crippen molar-refractivity contribution in [2.75, 3.05) is 5.32 Å². The third kappa shape index (κ3) is 3.74. The highest BCUT2D eigenvalue weighted by molar-refractivity contribution is 9.10. The van der Waals surface area contributed by atoms with Crippen molar-refractivity contribution in [1.82, 2.24) is 19.3 Å². The highest BCUT2D eigenvalue weighted by Gasteiger charge is 2.14. The van der Waals surface area contributed by atoms with Crippen molar-refractivity contribution in [3.8, 4) is 5.75 Å². The van der Waals surface area contributed by atoms with E-state index in [9.17, 15) is 4.79 Å². The van der Waals surface area contributed by atoms with Crippen LogP contribution in [0.1, 0.15) is 10.5 Å². The van der Waals surface area contributed by atoms with Gasteiger partial charge >= 0.3 is 0 Å². The smallest absolute Gasteiger partial charge is 0.278 e. The van der Waals surface area contributed by atoms with Crippen molar-refractivity contribution < 1.29 is 9.53 Å². The monoisotopic (exact) mass is 459 g/mol. The van der Waals surface area contributed by atoms with E-state index in [0.29, 0.717) is 16.7 Å². The molecule has 2 heterocycles. The fourth-order valence-corrected chi connectivity index (χ4v) is 3.50. The molecule has 28 heavy (non-hydrogen) atoms. The normalized spacial score (nSPS) is 11.0. The van der Waals surface area contributed by atoms with Gasteiger partial charge in [-0.3, -0.25) is 10.1 Å². The van der Waals surface area contributed by atoms with Gasteiger partial charge in [0.05, 0.1) is 15.5 Å². The summed E-state index contributed by atoms with van der Waals surface area (Å²) in [7, 11) is 1.85. The first-order chi connectivity index (χ1) is 13.5. The predicted molar refractivity (Wildman–Crippen MR) is 111 cm³/mol. The average molecular weight is 461 g/mol. The first kappa shape index (κ1) is 18.5. The minimum Gasteiger partial charge on any atom is -0.470 e. The molecule has 0 aliphatic carbocycles. The Kier molecular flexibility index (Phi) is 5.06. The number of rotatable bonds is 5. The Morgan fingerprint density at radius 3 is 2.86 bits per heavy atom. The summed E-state index contributed by atoms with van der Waals surface area (Å²) in [5.74, 6) is 0.748. The topological polar surface area (TPSA) is 74.0 Å². The number of carbonyl (C=O) groups excluding carboxylic acids is 1. The number of nitrogens with zero attached hydrogens (tertiary/aromatic N) is 4. The molecule has 142 valence electrons. The van der Waals surface area contributed by atoms with Crippen LogP contribution in [0.5, 0.6) is 5.75 Å². The summed E-state index contributed by atoms with van der Waals surface area (Å²) in [6.07, 6.45) is 1.67. The lowest BCUT2D eigenvalue weighted by Crippen LogP contribution is -2.16. The number of aromatic nitrogens is 4. The van der Waals surface area contributed by atoms with Gasteiger partial charge in [-0.1, -0.05) is 23.7 Å². The number of anilines is 1. The zero-order valence-corrected chi connectivity index (χ0v) is 17.1. The van der Waals surface area contributed by atoms with Crippen LogP contribution < -0.4 is 10.1 Å². The first-order valence-corrected chi connectivity index (χ1v) is 9.52. The highest BCUT2D eigenvalue weighted by atomic mass is 79.9. The van der Waals surface area contributed by atoms with Crippen LogP contribution in [0.2, 0.25) is 5.02 Å². The van der Waals surface area contributed by atoms with E-state index in [1.54, 1.807) is 30.5 Å². The quantitative estimate of drug-likeness (QED) is 0.477. The second-order valence-corrected chi connectivity index (χ2v) is 7.32. The van der Waals surface area contributed by atoms with Crippen molar-refractivity contribution in [2.24, 2.45) is 7.05 Å². The van der Waals surface area contributed by atoms with Crippen molar-refractivity contribution in [3.05, 3.63) is 69.9 Å².